The molecule has 16 nitrogen and oxygen atoms in total. The molecule has 16 heteroatoms. The maximum absolute atomic E-state index is 12.9. The molecule has 0 amide bonds. The lowest BCUT2D eigenvalue weighted by Crippen LogP contribution is -2.17. The standard InChI is InChI=1S/C68H104O16/c1-13-17-77-21-25-81-37-57-61(69)49-33-50(62(57)70)46(30-42(7)8)52-35-54(66(74)59(64(52)72)39-83-27-23-79-19-15-3)48(32-44(11)12)56-36-55(67(75)60(68(56)76)40-84-28-24-80-20-16-4)47(31-43(9)10)53-34-51(45(49)29-41(5)6)63(71)58(65(53)73)38-82-26-22-78-18-14-2/h33-36,41-48,69-76H,13-32,37-40H2,1-12H3. The maximum atomic E-state index is 12.9. The molecule has 5 rings (SSSR count). The Labute approximate surface area is 501 Å². The Balaban J connectivity index is 2.07. The van der Waals surface area contributed by atoms with Crippen LogP contribution in [0.4, 0.5) is 0 Å². The molecule has 1 aliphatic carbocycles. The first-order chi connectivity index (χ1) is 40.2. The monoisotopic (exact) mass is 1180 g/mol. The zero-order chi connectivity index (χ0) is 61.6. The Morgan fingerprint density at radius 2 is 0.417 bits per heavy atom. The first-order valence-corrected chi connectivity index (χ1v) is 31.2. The van der Waals surface area contributed by atoms with E-state index in [2.05, 4.69) is 0 Å². The summed E-state index contributed by atoms with van der Waals surface area (Å²) in [6.45, 7) is 27.3. The van der Waals surface area contributed by atoms with Crippen molar-refractivity contribution in [3.63, 3.8) is 0 Å². The van der Waals surface area contributed by atoms with Crippen LogP contribution in [0.25, 0.3) is 0 Å². The van der Waals surface area contributed by atoms with Gasteiger partial charge in [0, 0.05) is 94.6 Å². The van der Waals surface area contributed by atoms with Crippen LogP contribution in [-0.4, -0.2) is 120 Å². The van der Waals surface area contributed by atoms with Gasteiger partial charge in [-0.15, -0.1) is 0 Å². The van der Waals surface area contributed by atoms with Crippen LogP contribution in [0.2, 0.25) is 0 Å². The Morgan fingerprint density at radius 3 is 0.560 bits per heavy atom. The number of hydrogen-bond donors (Lipinski definition) is 8. The molecule has 8 bridgehead atoms. The third-order valence-electron chi connectivity index (χ3n) is 15.4. The molecule has 0 saturated carbocycles. The van der Waals surface area contributed by atoms with Crippen LogP contribution in [0, 0.1) is 23.7 Å². The van der Waals surface area contributed by atoms with Crippen molar-refractivity contribution in [2.75, 3.05) is 79.3 Å². The minimum absolute atomic E-state index is 0.0622. The lowest BCUT2D eigenvalue weighted by Gasteiger charge is -2.33. The second-order valence-corrected chi connectivity index (χ2v) is 24.3. The maximum Gasteiger partial charge on any atom is 0.128 e. The summed E-state index contributed by atoms with van der Waals surface area (Å²) in [6, 6.07) is 7.06. The molecule has 472 valence electrons. The summed E-state index contributed by atoms with van der Waals surface area (Å²) in [5.74, 6) is -5.57. The van der Waals surface area contributed by atoms with Gasteiger partial charge in [-0.1, -0.05) is 83.1 Å². The van der Waals surface area contributed by atoms with Crippen LogP contribution in [0.1, 0.15) is 225 Å². The average Bonchev–Trinajstić information content (AvgIpc) is 2.98. The van der Waals surface area contributed by atoms with Gasteiger partial charge in [0.05, 0.1) is 102 Å². The predicted octanol–water partition coefficient (Wildman–Crippen LogP) is 14.1. The topological polar surface area (TPSA) is 236 Å². The van der Waals surface area contributed by atoms with Gasteiger partial charge in [0.15, 0.2) is 0 Å². The van der Waals surface area contributed by atoms with E-state index in [4.69, 9.17) is 37.9 Å². The largest absolute Gasteiger partial charge is 0.507 e. The van der Waals surface area contributed by atoms with E-state index in [-0.39, 0.29) is 171 Å². The Hall–Kier alpha value is -5.04. The normalized spacial score (nSPS) is 16.3. The summed E-state index contributed by atoms with van der Waals surface area (Å²) in [5, 5.41) is 103. The molecule has 1 aliphatic rings. The van der Waals surface area contributed by atoms with Gasteiger partial charge in [0.1, 0.15) is 46.0 Å². The van der Waals surface area contributed by atoms with Crippen molar-refractivity contribution in [1.29, 1.82) is 0 Å². The van der Waals surface area contributed by atoms with E-state index in [1.54, 1.807) is 24.3 Å². The van der Waals surface area contributed by atoms with Gasteiger partial charge < -0.3 is 78.7 Å². The van der Waals surface area contributed by atoms with E-state index in [1.807, 2.05) is 83.1 Å². The summed E-state index contributed by atoms with van der Waals surface area (Å²) in [6.07, 6.45) is 4.67. The summed E-state index contributed by atoms with van der Waals surface area (Å²) in [4.78, 5) is 0. The van der Waals surface area contributed by atoms with Crippen LogP contribution in [-0.2, 0) is 64.3 Å². The average molecular weight is 1180 g/mol. The highest BCUT2D eigenvalue weighted by Crippen LogP contribution is 2.56. The summed E-state index contributed by atoms with van der Waals surface area (Å²) >= 11 is 0. The van der Waals surface area contributed by atoms with Crippen LogP contribution < -0.4 is 0 Å². The summed E-state index contributed by atoms with van der Waals surface area (Å²) in [5.41, 5.74) is 3.22. The van der Waals surface area contributed by atoms with E-state index < -0.39 is 23.7 Å². The smallest absolute Gasteiger partial charge is 0.128 e. The molecule has 0 aromatic heterocycles. The molecule has 0 heterocycles. The van der Waals surface area contributed by atoms with Crippen LogP contribution in [0.5, 0.6) is 46.0 Å². The molecular formula is C68H104O16. The Bertz CT molecular complexity index is 2170. The van der Waals surface area contributed by atoms with E-state index in [9.17, 15) is 40.9 Å². The minimum Gasteiger partial charge on any atom is -0.507 e. The molecule has 0 fully saturated rings. The first kappa shape index (κ1) is 69.7. The van der Waals surface area contributed by atoms with Gasteiger partial charge in [-0.3, -0.25) is 0 Å². The van der Waals surface area contributed by atoms with E-state index in [0.717, 1.165) is 25.7 Å². The SMILES string of the molecule is CCCOCCOCc1c(O)c2cc(c1O)C(CC(C)C)c1cc(c(O)c(COCCOCCC)c1O)C(CC(C)C)c1cc(c(O)c(COCCOCCC)c1O)C(CC(C)C)c1cc(c(O)c(COCCOCCC)c1O)C2CC(C)C. The first-order valence-electron chi connectivity index (χ1n) is 31.2. The fourth-order valence-corrected chi connectivity index (χ4v) is 11.5. The van der Waals surface area contributed by atoms with Crippen molar-refractivity contribution in [2.45, 2.75) is 185 Å². The Kier molecular flexibility index (Phi) is 29.0. The van der Waals surface area contributed by atoms with Gasteiger partial charge in [-0.25, -0.2) is 0 Å². The van der Waals surface area contributed by atoms with Crippen molar-refractivity contribution in [1.82, 2.24) is 0 Å². The highest BCUT2D eigenvalue weighted by Gasteiger charge is 2.38. The van der Waals surface area contributed by atoms with Gasteiger partial charge in [-0.2, -0.15) is 0 Å². The lowest BCUT2D eigenvalue weighted by atomic mass is 9.73. The quantitative estimate of drug-likeness (QED) is 0.0198. The molecular weight excluding hydrogens is 1070 g/mol. The summed E-state index contributed by atoms with van der Waals surface area (Å²) < 4.78 is 47.9. The number of rotatable bonds is 36. The molecule has 0 unspecified atom stereocenters. The third-order valence-corrected chi connectivity index (χ3v) is 15.4. The van der Waals surface area contributed by atoms with Crippen molar-refractivity contribution in [2.24, 2.45) is 23.7 Å². The third kappa shape index (κ3) is 18.5. The van der Waals surface area contributed by atoms with E-state index in [0.29, 0.717) is 96.6 Å². The van der Waals surface area contributed by atoms with E-state index >= 15 is 0 Å². The fourth-order valence-electron chi connectivity index (χ4n) is 11.5. The number of ether oxygens (including phenoxy) is 8. The summed E-state index contributed by atoms with van der Waals surface area (Å²) in [7, 11) is 0. The molecule has 0 radical (unpaired) electrons. The number of phenolic OH excluding ortho intramolecular Hbond substituents is 8. The molecule has 4 aromatic rings. The van der Waals surface area contributed by atoms with Gasteiger partial charge in [-0.05, 0) is 99.3 Å². The number of aromatic hydroxyl groups is 8. The van der Waals surface area contributed by atoms with Gasteiger partial charge >= 0.3 is 0 Å². The molecule has 4 aromatic carbocycles. The molecule has 0 spiro atoms. The predicted molar refractivity (Wildman–Crippen MR) is 327 cm³/mol. The van der Waals surface area contributed by atoms with Crippen molar-refractivity contribution in [3.05, 3.63) is 91.0 Å². The van der Waals surface area contributed by atoms with Crippen LogP contribution >= 0.6 is 0 Å². The van der Waals surface area contributed by atoms with Gasteiger partial charge in [0.2, 0.25) is 0 Å². The highest BCUT2D eigenvalue weighted by atomic mass is 16.5. The number of benzene rings is 4. The molecule has 0 aliphatic heterocycles. The minimum atomic E-state index is -0.824. The second-order valence-electron chi connectivity index (χ2n) is 24.3. The zero-order valence-electron chi connectivity index (χ0n) is 52.7. The van der Waals surface area contributed by atoms with Crippen molar-refractivity contribution < 1.29 is 78.7 Å². The van der Waals surface area contributed by atoms with Crippen molar-refractivity contribution in [3.8, 4) is 46.0 Å². The van der Waals surface area contributed by atoms with Crippen molar-refractivity contribution >= 4 is 0 Å². The highest BCUT2D eigenvalue weighted by molar-refractivity contribution is 5.67. The van der Waals surface area contributed by atoms with Crippen LogP contribution in [0.3, 0.4) is 0 Å². The molecule has 0 saturated heterocycles. The van der Waals surface area contributed by atoms with Gasteiger partial charge in [0.25, 0.3) is 0 Å². The molecule has 0 atom stereocenters. The Morgan fingerprint density at radius 1 is 0.262 bits per heavy atom. The van der Waals surface area contributed by atoms with E-state index in [1.165, 1.54) is 0 Å². The molecule has 8 N–H and O–H groups in total. The zero-order valence-corrected chi connectivity index (χ0v) is 52.7. The molecule has 84 heavy (non-hydrogen) atoms. The number of phenols is 8. The van der Waals surface area contributed by atoms with Crippen LogP contribution in [0.15, 0.2) is 24.3 Å². The second kappa shape index (κ2) is 34.9. The lowest BCUT2D eigenvalue weighted by molar-refractivity contribution is 0.0394. The number of hydrogen-bond acceptors (Lipinski definition) is 16. The fraction of sp³-hybridized carbons (Fsp3) is 0.647. The number of fused-ring (bicyclic) bond motifs is 8.